The molecule has 2 fully saturated rings. The third-order valence-electron chi connectivity index (χ3n) is 4.58. The van der Waals surface area contributed by atoms with Crippen LogP contribution in [0, 0.1) is 11.8 Å². The minimum atomic E-state index is -0.0373. The van der Waals surface area contributed by atoms with E-state index in [-0.39, 0.29) is 6.10 Å². The summed E-state index contributed by atoms with van der Waals surface area (Å²) in [6, 6.07) is 0. The third-order valence-corrected chi connectivity index (χ3v) is 6.05. The van der Waals surface area contributed by atoms with Crippen LogP contribution in [0.4, 0.5) is 0 Å². The van der Waals surface area contributed by atoms with Gasteiger partial charge in [0.15, 0.2) is 0 Å². The number of hydrogen-bond donors (Lipinski definition) is 1. The van der Waals surface area contributed by atoms with Crippen LogP contribution < -0.4 is 0 Å². The lowest BCUT2D eigenvalue weighted by atomic mass is 9.80. The van der Waals surface area contributed by atoms with Gasteiger partial charge in [-0.15, -0.1) is 0 Å². The second kappa shape index (κ2) is 7.04. The minimum Gasteiger partial charge on any atom is -0.392 e. The fourth-order valence-corrected chi connectivity index (χ4v) is 4.84. The quantitative estimate of drug-likeness (QED) is 0.812. The van der Waals surface area contributed by atoms with Gasteiger partial charge in [-0.3, -0.25) is 0 Å². The summed E-state index contributed by atoms with van der Waals surface area (Å²) in [7, 11) is 0. The Labute approximate surface area is 111 Å². The summed E-state index contributed by atoms with van der Waals surface area (Å²) >= 11 is 2.05. The molecule has 2 aliphatic rings. The van der Waals surface area contributed by atoms with Crippen LogP contribution in [-0.4, -0.2) is 22.2 Å². The Morgan fingerprint density at radius 3 is 2.53 bits per heavy atom. The zero-order valence-electron chi connectivity index (χ0n) is 11.2. The Morgan fingerprint density at radius 2 is 1.82 bits per heavy atom. The lowest BCUT2D eigenvalue weighted by Crippen LogP contribution is -2.28. The van der Waals surface area contributed by atoms with Crippen molar-refractivity contribution in [3.05, 3.63) is 0 Å². The van der Waals surface area contributed by atoms with E-state index in [2.05, 4.69) is 18.7 Å². The number of hydrogen-bond acceptors (Lipinski definition) is 2. The van der Waals surface area contributed by atoms with E-state index in [4.69, 9.17) is 0 Å². The van der Waals surface area contributed by atoms with E-state index < -0.39 is 0 Å². The Bertz CT molecular complexity index is 213. The SMILES string of the molecule is CC1CCCC(C(O)CSC2CCCCC2)C1. The molecule has 17 heavy (non-hydrogen) atoms. The van der Waals surface area contributed by atoms with Crippen molar-refractivity contribution in [2.24, 2.45) is 11.8 Å². The summed E-state index contributed by atoms with van der Waals surface area (Å²) < 4.78 is 0. The molecule has 3 atom stereocenters. The maximum atomic E-state index is 10.3. The highest BCUT2D eigenvalue weighted by atomic mass is 32.2. The van der Waals surface area contributed by atoms with Crippen LogP contribution >= 0.6 is 11.8 Å². The lowest BCUT2D eigenvalue weighted by Gasteiger charge is -2.31. The second-order valence-electron chi connectivity index (χ2n) is 6.19. The molecule has 0 aromatic rings. The maximum Gasteiger partial charge on any atom is 0.0658 e. The van der Waals surface area contributed by atoms with Crippen LogP contribution in [0.25, 0.3) is 0 Å². The zero-order valence-corrected chi connectivity index (χ0v) is 12.1. The summed E-state index contributed by atoms with van der Waals surface area (Å²) in [4.78, 5) is 0. The largest absolute Gasteiger partial charge is 0.392 e. The van der Waals surface area contributed by atoms with Crippen molar-refractivity contribution in [2.75, 3.05) is 5.75 Å². The summed E-state index contributed by atoms with van der Waals surface area (Å²) in [5.74, 6) is 2.42. The normalized spacial score (nSPS) is 33.5. The Kier molecular flexibility index (Phi) is 5.68. The molecule has 0 saturated heterocycles. The van der Waals surface area contributed by atoms with Crippen LogP contribution in [0.3, 0.4) is 0 Å². The molecule has 0 radical (unpaired) electrons. The molecular weight excluding hydrogens is 228 g/mol. The van der Waals surface area contributed by atoms with Gasteiger partial charge < -0.3 is 5.11 Å². The molecular formula is C15H28OS. The molecule has 0 bridgehead atoms. The highest BCUT2D eigenvalue weighted by Crippen LogP contribution is 2.34. The van der Waals surface area contributed by atoms with Gasteiger partial charge in [0.05, 0.1) is 6.10 Å². The number of aliphatic hydroxyl groups is 1. The Hall–Kier alpha value is 0.310. The van der Waals surface area contributed by atoms with E-state index in [9.17, 15) is 5.11 Å². The van der Waals surface area contributed by atoms with Crippen LogP contribution in [0.1, 0.15) is 64.7 Å². The van der Waals surface area contributed by atoms with Gasteiger partial charge in [-0.1, -0.05) is 39.0 Å². The minimum absolute atomic E-state index is 0.0373. The first-order chi connectivity index (χ1) is 8.25. The highest BCUT2D eigenvalue weighted by molar-refractivity contribution is 7.99. The van der Waals surface area contributed by atoms with Crippen molar-refractivity contribution >= 4 is 11.8 Å². The highest BCUT2D eigenvalue weighted by Gasteiger charge is 2.26. The summed E-state index contributed by atoms with van der Waals surface area (Å²) in [6.45, 7) is 2.34. The number of thioether (sulfide) groups is 1. The van der Waals surface area contributed by atoms with Crippen LogP contribution in [0.15, 0.2) is 0 Å². The third kappa shape index (κ3) is 4.48. The Morgan fingerprint density at radius 1 is 1.06 bits per heavy atom. The predicted octanol–water partition coefficient (Wildman–Crippen LogP) is 4.24. The van der Waals surface area contributed by atoms with Crippen molar-refractivity contribution in [2.45, 2.75) is 76.1 Å². The monoisotopic (exact) mass is 256 g/mol. The van der Waals surface area contributed by atoms with Crippen molar-refractivity contribution in [3.8, 4) is 0 Å². The van der Waals surface area contributed by atoms with Crippen LogP contribution in [-0.2, 0) is 0 Å². The van der Waals surface area contributed by atoms with Crippen molar-refractivity contribution in [1.29, 1.82) is 0 Å². The molecule has 3 unspecified atom stereocenters. The van der Waals surface area contributed by atoms with Gasteiger partial charge in [0.2, 0.25) is 0 Å². The standard InChI is InChI=1S/C15H28OS/c1-12-6-5-7-13(10-12)15(16)11-17-14-8-3-2-4-9-14/h12-16H,2-11H2,1H3. The average molecular weight is 256 g/mol. The molecule has 2 heteroatoms. The first-order valence-electron chi connectivity index (χ1n) is 7.55. The molecule has 1 nitrogen and oxygen atoms in total. The molecule has 2 rings (SSSR count). The Balaban J connectivity index is 1.67. The molecule has 0 spiro atoms. The zero-order chi connectivity index (χ0) is 12.1. The van der Waals surface area contributed by atoms with Crippen molar-refractivity contribution in [1.82, 2.24) is 0 Å². The van der Waals surface area contributed by atoms with E-state index in [0.29, 0.717) is 5.92 Å². The van der Waals surface area contributed by atoms with Crippen molar-refractivity contribution in [3.63, 3.8) is 0 Å². The fraction of sp³-hybridized carbons (Fsp3) is 1.00. The molecule has 0 aromatic heterocycles. The molecule has 2 aliphatic carbocycles. The predicted molar refractivity (Wildman–Crippen MR) is 76.5 cm³/mol. The fourth-order valence-electron chi connectivity index (χ4n) is 3.43. The molecule has 2 saturated carbocycles. The summed E-state index contributed by atoms with van der Waals surface area (Å²) in [5, 5.41) is 11.1. The molecule has 100 valence electrons. The van der Waals surface area contributed by atoms with Crippen LogP contribution in [0.5, 0.6) is 0 Å². The van der Waals surface area contributed by atoms with Gasteiger partial charge in [0.1, 0.15) is 0 Å². The number of rotatable bonds is 4. The summed E-state index contributed by atoms with van der Waals surface area (Å²) in [5.41, 5.74) is 0. The van der Waals surface area contributed by atoms with Gasteiger partial charge >= 0.3 is 0 Å². The average Bonchev–Trinajstić information content (AvgIpc) is 2.37. The van der Waals surface area contributed by atoms with Gasteiger partial charge in [0, 0.05) is 11.0 Å². The molecule has 0 aromatic carbocycles. The van der Waals surface area contributed by atoms with Gasteiger partial charge in [-0.25, -0.2) is 0 Å². The maximum absolute atomic E-state index is 10.3. The molecule has 1 N–H and O–H groups in total. The molecule has 0 amide bonds. The molecule has 0 aliphatic heterocycles. The van der Waals surface area contributed by atoms with E-state index in [1.54, 1.807) is 0 Å². The first kappa shape index (κ1) is 13.7. The van der Waals surface area contributed by atoms with E-state index >= 15 is 0 Å². The lowest BCUT2D eigenvalue weighted by molar-refractivity contribution is 0.0901. The number of aliphatic hydroxyl groups excluding tert-OH is 1. The topological polar surface area (TPSA) is 20.2 Å². The smallest absolute Gasteiger partial charge is 0.0658 e. The van der Waals surface area contributed by atoms with Gasteiger partial charge in [-0.2, -0.15) is 11.8 Å². The first-order valence-corrected chi connectivity index (χ1v) is 8.60. The van der Waals surface area contributed by atoms with E-state index in [1.165, 1.54) is 57.8 Å². The van der Waals surface area contributed by atoms with Gasteiger partial charge in [-0.05, 0) is 37.5 Å². The van der Waals surface area contributed by atoms with E-state index in [1.807, 2.05) is 0 Å². The van der Waals surface area contributed by atoms with Gasteiger partial charge in [0.25, 0.3) is 0 Å². The molecule has 0 heterocycles. The second-order valence-corrected chi connectivity index (χ2v) is 7.53. The van der Waals surface area contributed by atoms with Crippen LogP contribution in [0.2, 0.25) is 0 Å². The summed E-state index contributed by atoms with van der Waals surface area (Å²) in [6.07, 6.45) is 12.2. The van der Waals surface area contributed by atoms with Crippen molar-refractivity contribution < 1.29 is 5.11 Å². The van der Waals surface area contributed by atoms with E-state index in [0.717, 1.165) is 16.9 Å².